The molecule has 30 heavy (non-hydrogen) atoms. The maximum Gasteiger partial charge on any atom is 0.323 e. The molecule has 1 amide bonds. The Morgan fingerprint density at radius 3 is 2.90 bits per heavy atom. The first kappa shape index (κ1) is 19.6. The highest BCUT2D eigenvalue weighted by Gasteiger charge is 2.29. The van der Waals surface area contributed by atoms with Crippen molar-refractivity contribution in [2.75, 3.05) is 19.0 Å². The SMILES string of the molecule is COc1cc(Nc2ncc(Cl)c(-c3ccc4c(c3)C(=O)N(CC(=O)O)C4)n2)ccn1. The van der Waals surface area contributed by atoms with Gasteiger partial charge in [-0.2, -0.15) is 0 Å². The summed E-state index contributed by atoms with van der Waals surface area (Å²) >= 11 is 6.31. The van der Waals surface area contributed by atoms with Crippen molar-refractivity contribution in [2.24, 2.45) is 0 Å². The summed E-state index contributed by atoms with van der Waals surface area (Å²) in [7, 11) is 1.52. The molecule has 0 aliphatic carbocycles. The molecule has 152 valence electrons. The number of ether oxygens (including phenoxy) is 1. The molecule has 0 radical (unpaired) electrons. The number of carbonyl (C=O) groups is 2. The number of nitrogens with one attached hydrogen (secondary N) is 1. The largest absolute Gasteiger partial charge is 0.481 e. The number of fused-ring (bicyclic) bond motifs is 1. The van der Waals surface area contributed by atoms with E-state index in [2.05, 4.69) is 20.3 Å². The van der Waals surface area contributed by atoms with Gasteiger partial charge in [0.25, 0.3) is 5.91 Å². The van der Waals surface area contributed by atoms with E-state index in [1.807, 2.05) is 0 Å². The zero-order valence-corrected chi connectivity index (χ0v) is 16.6. The van der Waals surface area contributed by atoms with Gasteiger partial charge in [-0.05, 0) is 17.7 Å². The molecule has 3 heterocycles. The van der Waals surface area contributed by atoms with Crippen molar-refractivity contribution in [1.82, 2.24) is 19.9 Å². The Balaban J connectivity index is 1.64. The molecular weight excluding hydrogens is 410 g/mol. The molecule has 4 rings (SSSR count). The lowest BCUT2D eigenvalue weighted by molar-refractivity contribution is -0.137. The minimum Gasteiger partial charge on any atom is -0.481 e. The van der Waals surface area contributed by atoms with E-state index in [0.717, 1.165) is 5.56 Å². The van der Waals surface area contributed by atoms with Gasteiger partial charge in [0.2, 0.25) is 11.8 Å². The van der Waals surface area contributed by atoms with Crippen LogP contribution in [-0.2, 0) is 11.3 Å². The van der Waals surface area contributed by atoms with Crippen molar-refractivity contribution >= 4 is 35.1 Å². The highest BCUT2D eigenvalue weighted by molar-refractivity contribution is 6.33. The van der Waals surface area contributed by atoms with E-state index in [-0.39, 0.29) is 19.0 Å². The highest BCUT2D eigenvalue weighted by atomic mass is 35.5. The lowest BCUT2D eigenvalue weighted by atomic mass is 10.0. The standard InChI is InChI=1S/C20H16ClN5O4/c1-30-16-7-13(4-5-22-16)24-20-23-8-15(21)18(25-20)11-2-3-12-9-26(10-17(27)28)19(29)14(12)6-11/h2-8H,9-10H2,1H3,(H,27,28)(H,22,23,24,25). The van der Waals surface area contributed by atoms with Crippen molar-refractivity contribution in [1.29, 1.82) is 0 Å². The monoisotopic (exact) mass is 425 g/mol. The Morgan fingerprint density at radius 2 is 2.13 bits per heavy atom. The summed E-state index contributed by atoms with van der Waals surface area (Å²) in [4.78, 5) is 37.5. The van der Waals surface area contributed by atoms with E-state index in [1.165, 1.54) is 18.2 Å². The average Bonchev–Trinajstić information content (AvgIpc) is 3.04. The molecular formula is C20H16ClN5O4. The number of benzene rings is 1. The molecule has 0 atom stereocenters. The number of rotatable bonds is 6. The van der Waals surface area contributed by atoms with Crippen LogP contribution in [0.25, 0.3) is 11.3 Å². The van der Waals surface area contributed by atoms with Crippen molar-refractivity contribution in [3.63, 3.8) is 0 Å². The molecule has 0 saturated carbocycles. The summed E-state index contributed by atoms with van der Waals surface area (Å²) < 4.78 is 5.10. The Labute approximate surface area is 176 Å². The highest BCUT2D eigenvalue weighted by Crippen LogP contribution is 2.31. The molecule has 0 bridgehead atoms. The molecule has 0 unspecified atom stereocenters. The number of hydrogen-bond donors (Lipinski definition) is 2. The van der Waals surface area contributed by atoms with Crippen molar-refractivity contribution in [2.45, 2.75) is 6.54 Å². The first-order valence-electron chi connectivity index (χ1n) is 8.88. The summed E-state index contributed by atoms with van der Waals surface area (Å²) in [6, 6.07) is 8.69. The van der Waals surface area contributed by atoms with Crippen LogP contribution < -0.4 is 10.1 Å². The number of anilines is 2. The third kappa shape index (κ3) is 3.87. The van der Waals surface area contributed by atoms with Gasteiger partial charge < -0.3 is 20.1 Å². The molecule has 10 heteroatoms. The Bertz CT molecular complexity index is 1150. The van der Waals surface area contributed by atoms with Gasteiger partial charge >= 0.3 is 5.97 Å². The molecule has 2 aromatic heterocycles. The van der Waals surface area contributed by atoms with Crippen LogP contribution >= 0.6 is 11.6 Å². The van der Waals surface area contributed by atoms with Crippen LogP contribution in [0.2, 0.25) is 5.02 Å². The van der Waals surface area contributed by atoms with Crippen molar-refractivity contribution in [3.05, 3.63) is 58.9 Å². The predicted molar refractivity (Wildman–Crippen MR) is 109 cm³/mol. The van der Waals surface area contributed by atoms with Crippen molar-refractivity contribution < 1.29 is 19.4 Å². The normalized spacial score (nSPS) is 12.6. The third-order valence-corrected chi connectivity index (χ3v) is 4.81. The maximum absolute atomic E-state index is 12.5. The van der Waals surface area contributed by atoms with Gasteiger partial charge in [-0.3, -0.25) is 9.59 Å². The number of hydrogen-bond acceptors (Lipinski definition) is 7. The number of pyridine rings is 1. The average molecular weight is 426 g/mol. The summed E-state index contributed by atoms with van der Waals surface area (Å²) in [5.74, 6) is -0.639. The molecule has 0 spiro atoms. The van der Waals surface area contributed by atoms with Gasteiger partial charge in [0.05, 0.1) is 24.0 Å². The Morgan fingerprint density at radius 1 is 1.30 bits per heavy atom. The first-order chi connectivity index (χ1) is 14.4. The summed E-state index contributed by atoms with van der Waals surface area (Å²) in [6.07, 6.45) is 3.06. The van der Waals surface area contributed by atoms with Gasteiger partial charge in [0.15, 0.2) is 0 Å². The number of halogens is 1. The topological polar surface area (TPSA) is 118 Å². The van der Waals surface area contributed by atoms with Crippen LogP contribution in [0.4, 0.5) is 11.6 Å². The molecule has 0 fully saturated rings. The van der Waals surface area contributed by atoms with Crippen LogP contribution in [0.5, 0.6) is 5.88 Å². The maximum atomic E-state index is 12.5. The number of carboxylic acids is 1. The zero-order chi connectivity index (χ0) is 21.3. The van der Waals surface area contributed by atoms with E-state index < -0.39 is 5.97 Å². The van der Waals surface area contributed by atoms with Crippen LogP contribution in [0.1, 0.15) is 15.9 Å². The minimum atomic E-state index is -1.06. The molecule has 0 saturated heterocycles. The number of aromatic nitrogens is 3. The number of methoxy groups -OCH3 is 1. The van der Waals surface area contributed by atoms with Gasteiger partial charge in [0.1, 0.15) is 6.54 Å². The third-order valence-electron chi connectivity index (χ3n) is 4.53. The quantitative estimate of drug-likeness (QED) is 0.618. The zero-order valence-electron chi connectivity index (χ0n) is 15.8. The van der Waals surface area contributed by atoms with Gasteiger partial charge in [-0.15, -0.1) is 0 Å². The van der Waals surface area contributed by atoms with E-state index in [0.29, 0.717) is 39.4 Å². The molecule has 1 aliphatic rings. The van der Waals surface area contributed by atoms with Crippen LogP contribution in [0, 0.1) is 0 Å². The second-order valence-electron chi connectivity index (χ2n) is 6.53. The Hall–Kier alpha value is -3.72. The van der Waals surface area contributed by atoms with E-state index in [9.17, 15) is 9.59 Å². The van der Waals surface area contributed by atoms with E-state index >= 15 is 0 Å². The van der Waals surface area contributed by atoms with Gasteiger partial charge in [-0.25, -0.2) is 15.0 Å². The number of nitrogens with zero attached hydrogens (tertiary/aromatic N) is 4. The summed E-state index contributed by atoms with van der Waals surface area (Å²) in [5, 5.41) is 12.4. The molecule has 2 N–H and O–H groups in total. The number of amides is 1. The van der Waals surface area contributed by atoms with Gasteiger partial charge in [-0.1, -0.05) is 23.7 Å². The van der Waals surface area contributed by atoms with E-state index in [4.69, 9.17) is 21.4 Å². The second kappa shape index (κ2) is 7.96. The lowest BCUT2D eigenvalue weighted by Crippen LogP contribution is -2.29. The molecule has 1 aromatic carbocycles. The van der Waals surface area contributed by atoms with Crippen molar-refractivity contribution in [3.8, 4) is 17.1 Å². The smallest absolute Gasteiger partial charge is 0.323 e. The van der Waals surface area contributed by atoms with Gasteiger partial charge in [0, 0.05) is 35.6 Å². The molecule has 9 nitrogen and oxygen atoms in total. The second-order valence-corrected chi connectivity index (χ2v) is 6.94. The minimum absolute atomic E-state index is 0.259. The fourth-order valence-corrected chi connectivity index (χ4v) is 3.36. The number of carbonyl (C=O) groups excluding carboxylic acids is 1. The molecule has 3 aromatic rings. The fraction of sp³-hybridized carbons (Fsp3) is 0.150. The predicted octanol–water partition coefficient (Wildman–Crippen LogP) is 2.98. The Kier molecular flexibility index (Phi) is 5.20. The van der Waals surface area contributed by atoms with Crippen LogP contribution in [0.3, 0.4) is 0 Å². The first-order valence-corrected chi connectivity index (χ1v) is 9.26. The van der Waals surface area contributed by atoms with Crippen LogP contribution in [-0.4, -0.2) is 50.5 Å². The molecule has 1 aliphatic heterocycles. The summed E-state index contributed by atoms with van der Waals surface area (Å²) in [5.41, 5.74) is 2.96. The number of carboxylic acid groups (broad SMARTS) is 1. The lowest BCUT2D eigenvalue weighted by Gasteiger charge is -2.11. The van der Waals surface area contributed by atoms with E-state index in [1.54, 1.807) is 36.5 Å². The number of aliphatic carboxylic acids is 1. The fourth-order valence-electron chi connectivity index (χ4n) is 3.16. The van der Waals surface area contributed by atoms with Crippen LogP contribution in [0.15, 0.2) is 42.7 Å². The summed E-state index contributed by atoms with van der Waals surface area (Å²) in [6.45, 7) is -0.0878.